The summed E-state index contributed by atoms with van der Waals surface area (Å²) >= 11 is 0. The normalized spacial score (nSPS) is 16.4. The summed E-state index contributed by atoms with van der Waals surface area (Å²) in [5, 5.41) is 8.45. The van der Waals surface area contributed by atoms with Crippen molar-refractivity contribution in [3.05, 3.63) is 18.0 Å². The highest BCUT2D eigenvalue weighted by atomic mass is 15.3. The van der Waals surface area contributed by atoms with Gasteiger partial charge < -0.3 is 5.32 Å². The second kappa shape index (κ2) is 8.46. The van der Waals surface area contributed by atoms with Gasteiger partial charge in [0, 0.05) is 24.7 Å². The van der Waals surface area contributed by atoms with E-state index in [2.05, 4.69) is 63.8 Å². The zero-order valence-corrected chi connectivity index (χ0v) is 14.2. The van der Waals surface area contributed by atoms with E-state index in [1.165, 1.54) is 12.1 Å². The molecule has 0 spiro atoms. The molecule has 3 atom stereocenters. The third kappa shape index (κ3) is 4.93. The second-order valence-corrected chi connectivity index (χ2v) is 6.41. The van der Waals surface area contributed by atoms with Gasteiger partial charge in [-0.1, -0.05) is 34.6 Å². The fraction of sp³-hybridized carbons (Fsp3) is 0.824. The van der Waals surface area contributed by atoms with Gasteiger partial charge in [0.1, 0.15) is 0 Å². The molecule has 0 saturated heterocycles. The summed E-state index contributed by atoms with van der Waals surface area (Å²) in [6.45, 7) is 14.7. The molecule has 116 valence electrons. The average molecular weight is 279 g/mol. The summed E-state index contributed by atoms with van der Waals surface area (Å²) in [7, 11) is 0. The Morgan fingerprint density at radius 2 is 1.90 bits per heavy atom. The molecule has 0 aromatic carbocycles. The van der Waals surface area contributed by atoms with Crippen LogP contribution in [0.1, 0.15) is 66.1 Å². The lowest BCUT2D eigenvalue weighted by molar-refractivity contribution is 0.294. The van der Waals surface area contributed by atoms with Gasteiger partial charge in [-0.05, 0) is 44.2 Å². The molecule has 0 fully saturated rings. The number of nitrogens with zero attached hydrogens (tertiary/aromatic N) is 2. The van der Waals surface area contributed by atoms with Gasteiger partial charge in [-0.3, -0.25) is 4.68 Å². The Balaban J connectivity index is 2.70. The summed E-state index contributed by atoms with van der Waals surface area (Å²) in [6.07, 6.45) is 5.47. The van der Waals surface area contributed by atoms with Gasteiger partial charge in [0.25, 0.3) is 0 Å². The molecule has 3 heteroatoms. The Labute approximate surface area is 125 Å². The maximum absolute atomic E-state index is 4.75. The van der Waals surface area contributed by atoms with Crippen LogP contribution < -0.4 is 5.32 Å². The first-order valence-electron chi connectivity index (χ1n) is 8.26. The molecule has 1 aromatic heterocycles. The van der Waals surface area contributed by atoms with E-state index in [1.807, 2.05) is 0 Å². The molecule has 1 aromatic rings. The highest BCUT2D eigenvalue weighted by molar-refractivity contribution is 5.03. The standard InChI is InChI=1S/C17H33N3/c1-7-10-18-17(15(6)13(3)4)12-16-9-11-20(19-16)14(5)8-2/h9,11,13-15,17-18H,7-8,10,12H2,1-6H3. The van der Waals surface area contributed by atoms with Crippen molar-refractivity contribution < 1.29 is 0 Å². The number of nitrogens with one attached hydrogen (secondary N) is 1. The van der Waals surface area contributed by atoms with E-state index >= 15 is 0 Å². The van der Waals surface area contributed by atoms with Crippen LogP contribution in [0.4, 0.5) is 0 Å². The van der Waals surface area contributed by atoms with Gasteiger partial charge in [-0.15, -0.1) is 0 Å². The van der Waals surface area contributed by atoms with E-state index < -0.39 is 0 Å². The SMILES string of the molecule is CCCNC(Cc1ccn(C(C)CC)n1)C(C)C(C)C. The Kier molecular flexibility index (Phi) is 7.28. The van der Waals surface area contributed by atoms with E-state index in [4.69, 9.17) is 5.10 Å². The molecule has 0 radical (unpaired) electrons. The quantitative estimate of drug-likeness (QED) is 0.739. The number of aromatic nitrogens is 2. The lowest BCUT2D eigenvalue weighted by Gasteiger charge is -2.27. The van der Waals surface area contributed by atoms with Gasteiger partial charge in [0.05, 0.1) is 5.69 Å². The van der Waals surface area contributed by atoms with Crippen LogP contribution in [-0.2, 0) is 6.42 Å². The molecule has 0 aliphatic rings. The van der Waals surface area contributed by atoms with Crippen LogP contribution in [-0.4, -0.2) is 22.4 Å². The fourth-order valence-electron chi connectivity index (χ4n) is 2.38. The summed E-state index contributed by atoms with van der Waals surface area (Å²) < 4.78 is 2.10. The van der Waals surface area contributed by atoms with Crippen molar-refractivity contribution in [1.82, 2.24) is 15.1 Å². The monoisotopic (exact) mass is 279 g/mol. The zero-order valence-electron chi connectivity index (χ0n) is 14.2. The van der Waals surface area contributed by atoms with E-state index in [-0.39, 0.29) is 0 Å². The van der Waals surface area contributed by atoms with E-state index in [0.717, 1.165) is 19.4 Å². The molecule has 0 aliphatic carbocycles. The lowest BCUT2D eigenvalue weighted by atomic mass is 9.87. The van der Waals surface area contributed by atoms with E-state index in [0.29, 0.717) is 23.9 Å². The summed E-state index contributed by atoms with van der Waals surface area (Å²) in [4.78, 5) is 0. The van der Waals surface area contributed by atoms with Crippen molar-refractivity contribution in [2.45, 2.75) is 72.9 Å². The Morgan fingerprint density at radius 1 is 1.20 bits per heavy atom. The van der Waals surface area contributed by atoms with Gasteiger partial charge in [-0.25, -0.2) is 0 Å². The molecule has 0 amide bonds. The Bertz CT molecular complexity index is 370. The van der Waals surface area contributed by atoms with Crippen LogP contribution in [0.2, 0.25) is 0 Å². The Hall–Kier alpha value is -0.830. The van der Waals surface area contributed by atoms with Crippen molar-refractivity contribution in [1.29, 1.82) is 0 Å². The zero-order chi connectivity index (χ0) is 15.1. The van der Waals surface area contributed by atoms with Crippen LogP contribution in [0.25, 0.3) is 0 Å². The molecule has 0 bridgehead atoms. The summed E-state index contributed by atoms with van der Waals surface area (Å²) in [5.41, 5.74) is 1.21. The largest absolute Gasteiger partial charge is 0.313 e. The number of hydrogen-bond acceptors (Lipinski definition) is 2. The first-order chi connectivity index (χ1) is 9.49. The maximum atomic E-state index is 4.75. The molecule has 1 heterocycles. The van der Waals surface area contributed by atoms with Crippen molar-refractivity contribution in [3.63, 3.8) is 0 Å². The molecule has 0 aliphatic heterocycles. The Morgan fingerprint density at radius 3 is 2.45 bits per heavy atom. The number of rotatable bonds is 9. The first-order valence-corrected chi connectivity index (χ1v) is 8.26. The minimum atomic E-state index is 0.494. The maximum Gasteiger partial charge on any atom is 0.0640 e. The molecule has 3 nitrogen and oxygen atoms in total. The van der Waals surface area contributed by atoms with Crippen molar-refractivity contribution in [2.24, 2.45) is 11.8 Å². The predicted octanol–water partition coefficient (Wildman–Crippen LogP) is 4.06. The second-order valence-electron chi connectivity index (χ2n) is 6.41. The molecular weight excluding hydrogens is 246 g/mol. The van der Waals surface area contributed by atoms with Crippen molar-refractivity contribution >= 4 is 0 Å². The van der Waals surface area contributed by atoms with Crippen molar-refractivity contribution in [3.8, 4) is 0 Å². The lowest BCUT2D eigenvalue weighted by Crippen LogP contribution is -2.39. The van der Waals surface area contributed by atoms with Crippen LogP contribution >= 0.6 is 0 Å². The summed E-state index contributed by atoms with van der Waals surface area (Å²) in [6, 6.07) is 3.20. The average Bonchev–Trinajstić information content (AvgIpc) is 2.90. The minimum absolute atomic E-state index is 0.494. The fourth-order valence-corrected chi connectivity index (χ4v) is 2.38. The van der Waals surface area contributed by atoms with Gasteiger partial charge in [-0.2, -0.15) is 5.10 Å². The van der Waals surface area contributed by atoms with Crippen LogP contribution in [0.15, 0.2) is 12.3 Å². The highest BCUT2D eigenvalue weighted by Crippen LogP contribution is 2.18. The van der Waals surface area contributed by atoms with Gasteiger partial charge in [0.15, 0.2) is 0 Å². The van der Waals surface area contributed by atoms with Gasteiger partial charge in [0.2, 0.25) is 0 Å². The highest BCUT2D eigenvalue weighted by Gasteiger charge is 2.21. The molecule has 0 saturated carbocycles. The van der Waals surface area contributed by atoms with Crippen molar-refractivity contribution in [2.75, 3.05) is 6.54 Å². The van der Waals surface area contributed by atoms with Crippen LogP contribution in [0.5, 0.6) is 0 Å². The molecular formula is C17H33N3. The molecule has 1 N–H and O–H groups in total. The van der Waals surface area contributed by atoms with Crippen LogP contribution in [0.3, 0.4) is 0 Å². The minimum Gasteiger partial charge on any atom is -0.313 e. The predicted molar refractivity (Wildman–Crippen MR) is 87.0 cm³/mol. The third-order valence-electron chi connectivity index (χ3n) is 4.48. The third-order valence-corrected chi connectivity index (χ3v) is 4.48. The topological polar surface area (TPSA) is 29.9 Å². The molecule has 3 unspecified atom stereocenters. The number of hydrogen-bond donors (Lipinski definition) is 1. The van der Waals surface area contributed by atoms with E-state index in [9.17, 15) is 0 Å². The molecule has 1 rings (SSSR count). The summed E-state index contributed by atoms with van der Waals surface area (Å²) in [5.74, 6) is 1.36. The first kappa shape index (κ1) is 17.2. The van der Waals surface area contributed by atoms with Crippen LogP contribution in [0, 0.1) is 11.8 Å². The van der Waals surface area contributed by atoms with E-state index in [1.54, 1.807) is 0 Å². The smallest absolute Gasteiger partial charge is 0.0640 e. The van der Waals surface area contributed by atoms with Gasteiger partial charge >= 0.3 is 0 Å². The molecule has 20 heavy (non-hydrogen) atoms.